The molecule has 3 aromatic rings. The number of hydrogen-bond acceptors (Lipinski definition) is 6. The topological polar surface area (TPSA) is 75.7 Å². The lowest BCUT2D eigenvalue weighted by molar-refractivity contribution is -0.156. The average Bonchev–Trinajstić information content (AvgIpc) is 3.39. The Morgan fingerprint density at radius 2 is 1.71 bits per heavy atom. The quantitative estimate of drug-likeness (QED) is 0.286. The Morgan fingerprint density at radius 1 is 1.06 bits per heavy atom. The molecule has 1 aromatic heterocycles. The molecule has 2 aromatic carbocycles. The number of carbonyl (C=O) groups excluding carboxylic acids is 3. The van der Waals surface area contributed by atoms with Crippen molar-refractivity contribution in [1.82, 2.24) is 10.2 Å². The zero-order chi connectivity index (χ0) is 24.4. The summed E-state index contributed by atoms with van der Waals surface area (Å²) in [6.07, 6.45) is -0.370. The number of amides is 2. The predicted octanol–water partition coefficient (Wildman–Crippen LogP) is 4.00. The Bertz CT molecular complexity index is 1170. The van der Waals surface area contributed by atoms with Gasteiger partial charge < -0.3 is 15.0 Å². The number of benzene rings is 2. The normalized spacial score (nSPS) is 23.4. The summed E-state index contributed by atoms with van der Waals surface area (Å²) in [5.74, 6) is -0.722. The first kappa shape index (κ1) is 23.9. The lowest BCUT2D eigenvalue weighted by Crippen LogP contribution is -2.74. The number of nitrogens with one attached hydrogen (secondary N) is 1. The van der Waals surface area contributed by atoms with Gasteiger partial charge in [0.05, 0.1) is 13.0 Å². The number of alkyl halides is 1. The molecule has 2 amide bonds. The first-order chi connectivity index (χ1) is 16.9. The van der Waals surface area contributed by atoms with Gasteiger partial charge in [0.25, 0.3) is 0 Å². The third-order valence-electron chi connectivity index (χ3n) is 6.07. The summed E-state index contributed by atoms with van der Waals surface area (Å²) in [6.45, 7) is 0.0392. The second-order valence-electron chi connectivity index (χ2n) is 8.54. The molecule has 2 aliphatic heterocycles. The fraction of sp³-hybridized carbons (Fsp3) is 0.269. The number of esters is 1. The maximum Gasteiger partial charge on any atom is 0.330 e. The number of thiophene rings is 1. The molecule has 0 radical (unpaired) electrons. The van der Waals surface area contributed by atoms with Crippen molar-refractivity contribution >= 4 is 52.5 Å². The monoisotopic (exact) mass is 526 g/mol. The van der Waals surface area contributed by atoms with Crippen LogP contribution in [0.4, 0.5) is 0 Å². The number of rotatable bonds is 7. The lowest BCUT2D eigenvalue weighted by Gasteiger charge is -2.52. The smallest absolute Gasteiger partial charge is 0.330 e. The van der Waals surface area contributed by atoms with E-state index >= 15 is 0 Å². The van der Waals surface area contributed by atoms with E-state index in [2.05, 4.69) is 5.32 Å². The van der Waals surface area contributed by atoms with Crippen molar-refractivity contribution in [3.63, 3.8) is 0 Å². The first-order valence-corrected chi connectivity index (χ1v) is 13.5. The van der Waals surface area contributed by atoms with Crippen LogP contribution in [0.1, 0.15) is 22.1 Å². The van der Waals surface area contributed by atoms with Gasteiger partial charge >= 0.3 is 5.97 Å². The third kappa shape index (κ3) is 4.96. The number of carbonyl (C=O) groups is 3. The number of thioether (sulfide) groups is 1. The van der Waals surface area contributed by atoms with Crippen LogP contribution in [0.2, 0.25) is 0 Å². The van der Waals surface area contributed by atoms with E-state index in [0.29, 0.717) is 0 Å². The number of β-lactam (4-membered cyclic amide) rings is 1. The Morgan fingerprint density at radius 3 is 2.31 bits per heavy atom. The highest BCUT2D eigenvalue weighted by Gasteiger charge is 2.57. The van der Waals surface area contributed by atoms with E-state index in [4.69, 9.17) is 16.3 Å². The van der Waals surface area contributed by atoms with E-state index < -0.39 is 23.0 Å². The summed E-state index contributed by atoms with van der Waals surface area (Å²) in [5.41, 5.74) is 1.67. The molecule has 3 heterocycles. The highest BCUT2D eigenvalue weighted by atomic mass is 35.5. The predicted molar refractivity (Wildman–Crippen MR) is 137 cm³/mol. The van der Waals surface area contributed by atoms with Gasteiger partial charge in [0.1, 0.15) is 11.4 Å². The summed E-state index contributed by atoms with van der Waals surface area (Å²) in [5, 5.41) is 4.50. The van der Waals surface area contributed by atoms with Crippen LogP contribution in [0.5, 0.6) is 0 Å². The summed E-state index contributed by atoms with van der Waals surface area (Å²) in [4.78, 5) is 39.6. The van der Waals surface area contributed by atoms with Gasteiger partial charge in [0, 0.05) is 10.6 Å². The van der Waals surface area contributed by atoms with Crippen molar-refractivity contribution in [3.8, 4) is 0 Å². The van der Waals surface area contributed by atoms with Crippen LogP contribution in [-0.4, -0.2) is 51.3 Å². The molecule has 180 valence electrons. The van der Waals surface area contributed by atoms with Crippen LogP contribution >= 0.6 is 34.7 Å². The molecule has 2 unspecified atom stereocenters. The van der Waals surface area contributed by atoms with Crippen LogP contribution in [0.15, 0.2) is 78.2 Å². The third-order valence-corrected chi connectivity index (χ3v) is 9.04. The molecule has 2 aliphatic rings. The van der Waals surface area contributed by atoms with Gasteiger partial charge in [0.15, 0.2) is 11.0 Å². The number of hydrogen-bond donors (Lipinski definition) is 1. The molecule has 0 aliphatic carbocycles. The Hall–Kier alpha value is -2.81. The van der Waals surface area contributed by atoms with Crippen molar-refractivity contribution in [3.05, 3.63) is 94.2 Å². The minimum Gasteiger partial charge on any atom is -0.451 e. The van der Waals surface area contributed by atoms with Gasteiger partial charge in [0.2, 0.25) is 11.8 Å². The molecule has 3 atom stereocenters. The van der Waals surface area contributed by atoms with E-state index in [9.17, 15) is 14.4 Å². The van der Waals surface area contributed by atoms with Crippen LogP contribution in [0, 0.1) is 0 Å². The standard InChI is InChI=1S/C26H23ClN2O4S2/c27-26(25(32)33-22(17-8-3-1-4-9-17)18-10-5-2-6-11-18)15-29-23(31)21(24(29)35-16-26)28-20(30)14-19-12-7-13-34-19/h1-13,21-22,24H,14-16H2,(H,28,30)/t21?,24-,26?/m1/s1. The van der Waals surface area contributed by atoms with Crippen molar-refractivity contribution in [2.24, 2.45) is 0 Å². The fourth-order valence-electron chi connectivity index (χ4n) is 4.26. The van der Waals surface area contributed by atoms with E-state index in [1.54, 1.807) is 4.90 Å². The maximum atomic E-state index is 13.3. The molecule has 2 fully saturated rings. The van der Waals surface area contributed by atoms with Crippen LogP contribution in [-0.2, 0) is 25.5 Å². The van der Waals surface area contributed by atoms with E-state index in [1.807, 2.05) is 78.2 Å². The maximum absolute atomic E-state index is 13.3. The number of ether oxygens (including phenoxy) is 1. The number of nitrogens with zero attached hydrogens (tertiary/aromatic N) is 1. The average molecular weight is 527 g/mol. The molecular weight excluding hydrogens is 504 g/mol. The summed E-state index contributed by atoms with van der Waals surface area (Å²) < 4.78 is 5.97. The summed E-state index contributed by atoms with van der Waals surface area (Å²) in [7, 11) is 0. The van der Waals surface area contributed by atoms with Gasteiger partial charge in [-0.25, -0.2) is 0 Å². The van der Waals surface area contributed by atoms with Gasteiger partial charge in [-0.1, -0.05) is 66.7 Å². The summed E-state index contributed by atoms with van der Waals surface area (Å²) >= 11 is 9.67. The largest absolute Gasteiger partial charge is 0.451 e. The molecule has 0 saturated carbocycles. The lowest BCUT2D eigenvalue weighted by atomic mass is 10.00. The zero-order valence-corrected chi connectivity index (χ0v) is 21.0. The van der Waals surface area contributed by atoms with Crippen LogP contribution in [0.25, 0.3) is 0 Å². The van der Waals surface area contributed by atoms with Crippen molar-refractivity contribution < 1.29 is 19.1 Å². The Labute approximate surface area is 216 Å². The van der Waals surface area contributed by atoms with Gasteiger partial charge in [-0.05, 0) is 22.6 Å². The van der Waals surface area contributed by atoms with Crippen LogP contribution < -0.4 is 5.32 Å². The van der Waals surface area contributed by atoms with E-state index in [0.717, 1.165) is 16.0 Å². The second kappa shape index (κ2) is 10.0. The molecule has 5 rings (SSSR count). The zero-order valence-electron chi connectivity index (χ0n) is 18.6. The van der Waals surface area contributed by atoms with Crippen LogP contribution in [0.3, 0.4) is 0 Å². The molecule has 0 bridgehead atoms. The number of fused-ring (bicyclic) bond motifs is 1. The minimum atomic E-state index is -1.37. The van der Waals surface area contributed by atoms with Crippen molar-refractivity contribution in [2.45, 2.75) is 28.8 Å². The van der Waals surface area contributed by atoms with Crippen molar-refractivity contribution in [2.75, 3.05) is 12.3 Å². The Balaban J connectivity index is 1.25. The highest BCUT2D eigenvalue weighted by molar-refractivity contribution is 8.00. The molecule has 9 heteroatoms. The molecule has 2 saturated heterocycles. The molecule has 0 spiro atoms. The molecule has 35 heavy (non-hydrogen) atoms. The Kier molecular flexibility index (Phi) is 6.86. The first-order valence-electron chi connectivity index (χ1n) is 11.2. The molecular formula is C26H23ClN2O4S2. The van der Waals surface area contributed by atoms with E-state index in [1.165, 1.54) is 23.1 Å². The number of halogens is 1. The van der Waals surface area contributed by atoms with Gasteiger partial charge in [-0.3, -0.25) is 14.4 Å². The molecule has 6 nitrogen and oxygen atoms in total. The molecule has 1 N–H and O–H groups in total. The highest BCUT2D eigenvalue weighted by Crippen LogP contribution is 2.42. The van der Waals surface area contributed by atoms with Gasteiger partial charge in [-0.2, -0.15) is 0 Å². The van der Waals surface area contributed by atoms with E-state index in [-0.39, 0.29) is 35.9 Å². The SMILES string of the molecule is O=C(Cc1cccs1)NC1C(=O)N2CC(Cl)(C(=O)OC(c3ccccc3)c3ccccc3)CS[C@H]12. The fourth-order valence-corrected chi connectivity index (χ4v) is 6.71. The minimum absolute atomic E-state index is 0.0392. The van der Waals surface area contributed by atoms with Gasteiger partial charge in [-0.15, -0.1) is 34.7 Å². The summed E-state index contributed by atoms with van der Waals surface area (Å²) in [6, 6.07) is 22.2. The van der Waals surface area contributed by atoms with Crippen molar-refractivity contribution in [1.29, 1.82) is 0 Å². The second-order valence-corrected chi connectivity index (χ2v) is 11.4.